The molecule has 2 saturated carbocycles. The van der Waals surface area contributed by atoms with E-state index in [1.807, 2.05) is 33.0 Å². The van der Waals surface area contributed by atoms with Crippen molar-refractivity contribution in [1.82, 2.24) is 19.9 Å². The summed E-state index contributed by atoms with van der Waals surface area (Å²) in [4.78, 5) is 19.3. The molecule has 3 aromatic heterocycles. The molecule has 2 N–H and O–H groups in total. The number of hydrogen-bond donors (Lipinski definition) is 2. The number of aryl methyl sites for hydroxylation is 1. The van der Waals surface area contributed by atoms with Gasteiger partial charge in [0.25, 0.3) is 0 Å². The lowest BCUT2D eigenvalue weighted by molar-refractivity contribution is 0.210. The Hall–Kier alpha value is -2.37. The van der Waals surface area contributed by atoms with Gasteiger partial charge in [-0.2, -0.15) is 4.98 Å². The Labute approximate surface area is 222 Å². The number of pyridine rings is 1. The van der Waals surface area contributed by atoms with Crippen LogP contribution in [0.25, 0.3) is 20.8 Å². The first-order valence-electron chi connectivity index (χ1n) is 12.9. The van der Waals surface area contributed by atoms with Crippen LogP contribution in [0.4, 0.5) is 11.8 Å². The van der Waals surface area contributed by atoms with Gasteiger partial charge in [-0.3, -0.25) is 4.98 Å². The number of rotatable bonds is 10. The maximum atomic E-state index is 12.5. The quantitative estimate of drug-likeness (QED) is 0.347. The first-order valence-corrected chi connectivity index (χ1v) is 15.6. The molecule has 0 bridgehead atoms. The normalized spacial score (nSPS) is 20.5. The van der Waals surface area contributed by atoms with Crippen LogP contribution >= 0.6 is 11.3 Å². The zero-order valence-corrected chi connectivity index (χ0v) is 23.8. The van der Waals surface area contributed by atoms with E-state index in [0.29, 0.717) is 25.0 Å². The summed E-state index contributed by atoms with van der Waals surface area (Å²) in [5.41, 5.74) is 3.80. The molecule has 3 aromatic rings. The first kappa shape index (κ1) is 26.2. The van der Waals surface area contributed by atoms with Crippen molar-refractivity contribution >= 4 is 43.2 Å². The number of nitrogens with one attached hydrogen (secondary N) is 2. The number of ether oxygens (including phenoxy) is 1. The average Bonchev–Trinajstić information content (AvgIpc) is 3.40. The van der Waals surface area contributed by atoms with Gasteiger partial charge >= 0.3 is 0 Å². The summed E-state index contributed by atoms with van der Waals surface area (Å²) >= 11 is 1.64. The minimum Gasteiger partial charge on any atom is -0.383 e. The largest absolute Gasteiger partial charge is 0.383 e. The second-order valence-corrected chi connectivity index (χ2v) is 14.5. The molecule has 0 aliphatic heterocycles. The summed E-state index contributed by atoms with van der Waals surface area (Å²) < 4.78 is 30.4. The molecule has 2 aliphatic rings. The number of anilines is 2. The Kier molecular flexibility index (Phi) is 7.14. The highest BCUT2D eigenvalue weighted by molar-refractivity contribution is 7.92. The molecule has 0 unspecified atom stereocenters. The number of fused-ring (bicyclic) bond motifs is 1. The molecular formula is C26H36N6O3S2. The third-order valence-electron chi connectivity index (χ3n) is 7.90. The SMILES string of the molecule is COCCNc1nc(C)c(-c2nc3c(C4CC4)nccc3s2)c(N[C@H]2CC[C@@H](C(C)(C)S(C)(=O)=O)C2)n1. The summed E-state index contributed by atoms with van der Waals surface area (Å²) in [6.45, 7) is 6.83. The molecule has 5 rings (SSSR count). The Morgan fingerprint density at radius 1 is 1.16 bits per heavy atom. The van der Waals surface area contributed by atoms with E-state index in [2.05, 4.69) is 15.6 Å². The van der Waals surface area contributed by atoms with Crippen molar-refractivity contribution in [2.24, 2.45) is 5.92 Å². The number of nitrogens with zero attached hydrogens (tertiary/aromatic N) is 4. The fourth-order valence-corrected chi connectivity index (χ4v) is 7.04. The summed E-state index contributed by atoms with van der Waals surface area (Å²) in [6.07, 6.45) is 8.07. The van der Waals surface area contributed by atoms with Crippen LogP contribution < -0.4 is 10.6 Å². The zero-order chi connectivity index (χ0) is 26.4. The second-order valence-electron chi connectivity index (χ2n) is 10.8. The van der Waals surface area contributed by atoms with Gasteiger partial charge in [-0.25, -0.2) is 18.4 Å². The minimum atomic E-state index is -3.17. The summed E-state index contributed by atoms with van der Waals surface area (Å²) in [7, 11) is -1.51. The Morgan fingerprint density at radius 2 is 1.95 bits per heavy atom. The number of hydrogen-bond acceptors (Lipinski definition) is 10. The van der Waals surface area contributed by atoms with E-state index in [4.69, 9.17) is 19.7 Å². The molecule has 37 heavy (non-hydrogen) atoms. The number of sulfone groups is 1. The Morgan fingerprint density at radius 3 is 2.65 bits per heavy atom. The van der Waals surface area contributed by atoms with Crippen molar-refractivity contribution in [3.05, 3.63) is 23.7 Å². The fourth-order valence-electron chi connectivity index (χ4n) is 5.15. The fraction of sp³-hybridized carbons (Fsp3) is 0.615. The average molecular weight is 545 g/mol. The molecule has 2 aliphatic carbocycles. The van der Waals surface area contributed by atoms with Crippen LogP contribution in [-0.2, 0) is 14.6 Å². The van der Waals surface area contributed by atoms with Crippen molar-refractivity contribution in [2.45, 2.75) is 69.6 Å². The van der Waals surface area contributed by atoms with Crippen LogP contribution in [0.5, 0.6) is 0 Å². The summed E-state index contributed by atoms with van der Waals surface area (Å²) in [6, 6.07) is 2.14. The van der Waals surface area contributed by atoms with Crippen molar-refractivity contribution in [1.29, 1.82) is 0 Å². The van der Waals surface area contributed by atoms with Crippen LogP contribution in [0.2, 0.25) is 0 Å². The molecule has 200 valence electrons. The standard InChI is InChI=1S/C26H36N6O3S2/c1-15-20(24-31-22-19(36-24)10-11-27-21(22)16-6-7-16)23(32-25(29-15)28-12-13-35-4)30-18-9-8-17(14-18)26(2,3)37(5,33)34/h10-11,16-18H,6-9,12-14H2,1-5H3,(H2,28,29,30,32)/t17-,18+/m1/s1. The van der Waals surface area contributed by atoms with E-state index in [-0.39, 0.29) is 12.0 Å². The topological polar surface area (TPSA) is 119 Å². The van der Waals surface area contributed by atoms with Gasteiger partial charge in [-0.15, -0.1) is 11.3 Å². The number of methoxy groups -OCH3 is 1. The Bertz CT molecular complexity index is 1400. The highest BCUT2D eigenvalue weighted by Crippen LogP contribution is 2.45. The van der Waals surface area contributed by atoms with Gasteiger partial charge < -0.3 is 15.4 Å². The van der Waals surface area contributed by atoms with Crippen LogP contribution in [0.15, 0.2) is 12.3 Å². The van der Waals surface area contributed by atoms with Crippen LogP contribution in [0.3, 0.4) is 0 Å². The molecular weight excluding hydrogens is 508 g/mol. The van der Waals surface area contributed by atoms with Gasteiger partial charge in [0.1, 0.15) is 16.3 Å². The molecule has 2 fully saturated rings. The highest BCUT2D eigenvalue weighted by Gasteiger charge is 2.43. The Balaban J connectivity index is 1.49. The van der Waals surface area contributed by atoms with Crippen molar-refractivity contribution in [3.8, 4) is 10.6 Å². The smallest absolute Gasteiger partial charge is 0.224 e. The lowest BCUT2D eigenvalue weighted by Crippen LogP contribution is -2.38. The van der Waals surface area contributed by atoms with Gasteiger partial charge in [-0.05, 0) is 64.9 Å². The molecule has 0 saturated heterocycles. The van der Waals surface area contributed by atoms with Gasteiger partial charge in [0, 0.05) is 38.1 Å². The molecule has 2 atom stereocenters. The van der Waals surface area contributed by atoms with Crippen LogP contribution in [0, 0.1) is 12.8 Å². The third-order valence-corrected chi connectivity index (χ3v) is 11.2. The maximum absolute atomic E-state index is 12.5. The highest BCUT2D eigenvalue weighted by atomic mass is 32.2. The molecule has 0 radical (unpaired) electrons. The zero-order valence-electron chi connectivity index (χ0n) is 22.2. The molecule has 0 spiro atoms. The lowest BCUT2D eigenvalue weighted by atomic mass is 9.93. The lowest BCUT2D eigenvalue weighted by Gasteiger charge is -2.30. The predicted molar refractivity (Wildman–Crippen MR) is 149 cm³/mol. The van der Waals surface area contributed by atoms with Crippen LogP contribution in [0.1, 0.15) is 63.3 Å². The minimum absolute atomic E-state index is 0.0836. The number of thiazole rings is 1. The molecule has 11 heteroatoms. The van der Waals surface area contributed by atoms with Gasteiger partial charge in [0.2, 0.25) is 5.95 Å². The summed E-state index contributed by atoms with van der Waals surface area (Å²) in [5.74, 6) is 1.86. The van der Waals surface area contributed by atoms with Crippen molar-refractivity contribution in [3.63, 3.8) is 0 Å². The predicted octanol–water partition coefficient (Wildman–Crippen LogP) is 4.80. The second kappa shape index (κ2) is 10.1. The first-order chi connectivity index (χ1) is 17.6. The van der Waals surface area contributed by atoms with E-state index in [9.17, 15) is 8.42 Å². The van der Waals surface area contributed by atoms with Crippen molar-refractivity contribution in [2.75, 3.05) is 37.2 Å². The molecule has 3 heterocycles. The van der Waals surface area contributed by atoms with E-state index < -0.39 is 14.6 Å². The van der Waals surface area contributed by atoms with Crippen molar-refractivity contribution < 1.29 is 13.2 Å². The van der Waals surface area contributed by atoms with Gasteiger partial charge in [0.05, 0.1) is 33.0 Å². The van der Waals surface area contributed by atoms with E-state index in [1.54, 1.807) is 18.4 Å². The monoisotopic (exact) mass is 544 g/mol. The molecule has 0 aromatic carbocycles. The van der Waals surface area contributed by atoms with E-state index in [1.165, 1.54) is 19.1 Å². The van der Waals surface area contributed by atoms with E-state index in [0.717, 1.165) is 57.3 Å². The third kappa shape index (κ3) is 5.31. The van der Waals surface area contributed by atoms with Crippen LogP contribution in [-0.4, -0.2) is 65.7 Å². The number of aromatic nitrogens is 4. The molecule has 0 amide bonds. The van der Waals surface area contributed by atoms with E-state index >= 15 is 0 Å². The molecule has 9 nitrogen and oxygen atoms in total. The van der Waals surface area contributed by atoms with Gasteiger partial charge in [-0.1, -0.05) is 0 Å². The maximum Gasteiger partial charge on any atom is 0.224 e. The van der Waals surface area contributed by atoms with Gasteiger partial charge in [0.15, 0.2) is 9.84 Å². The summed E-state index contributed by atoms with van der Waals surface area (Å²) in [5, 5.41) is 7.78.